The Morgan fingerprint density at radius 2 is 1.48 bits per heavy atom. The largest absolute Gasteiger partial charge is 0.508 e. The molecule has 2 aromatic carbocycles. The highest BCUT2D eigenvalue weighted by atomic mass is 16.3. The molecule has 0 spiro atoms. The Morgan fingerprint density at radius 3 is 2.00 bits per heavy atom. The fraction of sp³-hybridized carbons (Fsp3) is 0.294. The predicted molar refractivity (Wildman–Crippen MR) is 87.0 cm³/mol. The minimum absolute atomic E-state index is 0.155. The van der Waals surface area contributed by atoms with E-state index in [-0.39, 0.29) is 11.5 Å². The molecule has 0 bridgehead atoms. The van der Waals surface area contributed by atoms with Crippen LogP contribution in [0.1, 0.15) is 25.0 Å². The third-order valence-corrected chi connectivity index (χ3v) is 3.69. The summed E-state index contributed by atoms with van der Waals surface area (Å²) in [5.74, 6) is 0.401. The van der Waals surface area contributed by atoms with Crippen molar-refractivity contribution in [2.45, 2.75) is 20.3 Å². The molecule has 0 amide bonds. The number of aromatic hydroxyl groups is 2. The van der Waals surface area contributed by atoms with Crippen LogP contribution in [-0.2, 0) is 6.42 Å². The number of nitrogens with zero attached hydrogens (tertiary/aromatic N) is 1. The molecule has 0 unspecified atom stereocenters. The van der Waals surface area contributed by atoms with Crippen LogP contribution in [0.5, 0.6) is 11.5 Å². The number of anilines is 2. The average Bonchev–Trinajstić information content (AvgIpc) is 2.45. The van der Waals surface area contributed by atoms with E-state index >= 15 is 0 Å². The Kier molecular flexibility index (Phi) is 4.58. The standard InChI is InChI=1S/C17H22N2O2/c1-3-19(4-2)15-8-6-13(17(21)11-15)9-12-5-7-14(18)10-16(12)20/h5-8,10-11,20-21H,3-4,9,18H2,1-2H3. The molecule has 0 saturated carbocycles. The zero-order chi connectivity index (χ0) is 15.4. The summed E-state index contributed by atoms with van der Waals surface area (Å²) in [4.78, 5) is 2.17. The van der Waals surface area contributed by atoms with Crippen LogP contribution in [0.25, 0.3) is 0 Å². The van der Waals surface area contributed by atoms with E-state index in [4.69, 9.17) is 5.73 Å². The van der Waals surface area contributed by atoms with Crippen LogP contribution >= 0.6 is 0 Å². The first kappa shape index (κ1) is 15.0. The molecule has 0 aromatic heterocycles. The van der Waals surface area contributed by atoms with Gasteiger partial charge in [-0.25, -0.2) is 0 Å². The molecule has 0 fully saturated rings. The number of hydrogen-bond acceptors (Lipinski definition) is 4. The first-order chi connectivity index (χ1) is 10.0. The van der Waals surface area contributed by atoms with Gasteiger partial charge in [-0.2, -0.15) is 0 Å². The van der Waals surface area contributed by atoms with Gasteiger partial charge in [-0.15, -0.1) is 0 Å². The molecule has 0 atom stereocenters. The maximum absolute atomic E-state index is 10.2. The first-order valence-corrected chi connectivity index (χ1v) is 7.19. The van der Waals surface area contributed by atoms with Gasteiger partial charge in [-0.3, -0.25) is 0 Å². The lowest BCUT2D eigenvalue weighted by Gasteiger charge is -2.21. The molecule has 112 valence electrons. The molecule has 0 heterocycles. The third kappa shape index (κ3) is 3.40. The highest BCUT2D eigenvalue weighted by Crippen LogP contribution is 2.29. The van der Waals surface area contributed by atoms with Gasteiger partial charge >= 0.3 is 0 Å². The Bertz CT molecular complexity index is 622. The molecule has 0 saturated heterocycles. The molecule has 4 nitrogen and oxygen atoms in total. The summed E-state index contributed by atoms with van der Waals surface area (Å²) in [6.07, 6.45) is 0.469. The lowest BCUT2D eigenvalue weighted by atomic mass is 10.0. The van der Waals surface area contributed by atoms with Gasteiger partial charge in [-0.1, -0.05) is 12.1 Å². The van der Waals surface area contributed by atoms with E-state index in [0.717, 1.165) is 29.9 Å². The molecule has 2 rings (SSSR count). The zero-order valence-electron chi connectivity index (χ0n) is 12.5. The molecular weight excluding hydrogens is 264 g/mol. The molecule has 2 aromatic rings. The highest BCUT2D eigenvalue weighted by Gasteiger charge is 2.09. The minimum atomic E-state index is 0.155. The van der Waals surface area contributed by atoms with E-state index in [1.54, 1.807) is 18.2 Å². The van der Waals surface area contributed by atoms with Crippen molar-refractivity contribution in [1.29, 1.82) is 0 Å². The SMILES string of the molecule is CCN(CC)c1ccc(Cc2ccc(N)cc2O)c(O)c1. The van der Waals surface area contributed by atoms with Crippen LogP contribution in [0.2, 0.25) is 0 Å². The lowest BCUT2D eigenvalue weighted by Crippen LogP contribution is -2.21. The van der Waals surface area contributed by atoms with Gasteiger partial charge < -0.3 is 20.8 Å². The number of phenols is 2. The second kappa shape index (κ2) is 6.39. The lowest BCUT2D eigenvalue weighted by molar-refractivity contribution is 0.463. The van der Waals surface area contributed by atoms with E-state index in [1.807, 2.05) is 12.1 Å². The zero-order valence-corrected chi connectivity index (χ0v) is 12.5. The third-order valence-electron chi connectivity index (χ3n) is 3.69. The monoisotopic (exact) mass is 286 g/mol. The summed E-state index contributed by atoms with van der Waals surface area (Å²) in [5, 5.41) is 20.1. The van der Waals surface area contributed by atoms with Gasteiger partial charge in [0.15, 0.2) is 0 Å². The minimum Gasteiger partial charge on any atom is -0.508 e. The molecular formula is C17H22N2O2. The maximum atomic E-state index is 10.2. The number of rotatable bonds is 5. The number of nitrogens with two attached hydrogens (primary N) is 1. The van der Waals surface area contributed by atoms with Gasteiger partial charge in [0.2, 0.25) is 0 Å². The summed E-state index contributed by atoms with van der Waals surface area (Å²) in [6.45, 7) is 5.96. The summed E-state index contributed by atoms with van der Waals surface area (Å²) in [6, 6.07) is 10.7. The molecule has 0 aliphatic rings. The molecule has 4 heteroatoms. The van der Waals surface area contributed by atoms with E-state index in [0.29, 0.717) is 12.1 Å². The van der Waals surface area contributed by atoms with Crippen LogP contribution in [-0.4, -0.2) is 23.3 Å². The van der Waals surface area contributed by atoms with Gasteiger partial charge in [0.1, 0.15) is 11.5 Å². The number of nitrogen functional groups attached to an aromatic ring is 1. The summed E-state index contributed by atoms with van der Waals surface area (Å²) >= 11 is 0. The van der Waals surface area contributed by atoms with Crippen molar-refractivity contribution < 1.29 is 10.2 Å². The summed E-state index contributed by atoms with van der Waals surface area (Å²) in [5.41, 5.74) is 8.68. The van der Waals surface area contributed by atoms with E-state index in [1.165, 1.54) is 6.07 Å². The number of benzene rings is 2. The van der Waals surface area contributed by atoms with Crippen molar-refractivity contribution in [2.24, 2.45) is 0 Å². The van der Waals surface area contributed by atoms with Crippen molar-refractivity contribution in [1.82, 2.24) is 0 Å². The predicted octanol–water partition coefficient (Wildman–Crippen LogP) is 3.12. The molecule has 0 radical (unpaired) electrons. The van der Waals surface area contributed by atoms with Crippen LogP contribution in [0.3, 0.4) is 0 Å². The molecule has 0 aliphatic heterocycles. The summed E-state index contributed by atoms with van der Waals surface area (Å²) in [7, 11) is 0. The van der Waals surface area contributed by atoms with Crippen molar-refractivity contribution in [3.05, 3.63) is 47.5 Å². The molecule has 21 heavy (non-hydrogen) atoms. The quantitative estimate of drug-likeness (QED) is 0.739. The number of hydrogen-bond donors (Lipinski definition) is 3. The molecule has 0 aliphatic carbocycles. The Morgan fingerprint density at radius 1 is 0.905 bits per heavy atom. The van der Waals surface area contributed by atoms with Crippen LogP contribution in [0.15, 0.2) is 36.4 Å². The fourth-order valence-electron chi connectivity index (χ4n) is 2.42. The van der Waals surface area contributed by atoms with E-state index in [9.17, 15) is 10.2 Å². The molecule has 4 N–H and O–H groups in total. The van der Waals surface area contributed by atoms with Crippen LogP contribution < -0.4 is 10.6 Å². The van der Waals surface area contributed by atoms with E-state index in [2.05, 4.69) is 18.7 Å². The van der Waals surface area contributed by atoms with Crippen LogP contribution in [0.4, 0.5) is 11.4 Å². The number of phenolic OH excluding ortho intramolecular Hbond substituents is 2. The smallest absolute Gasteiger partial charge is 0.121 e. The second-order valence-electron chi connectivity index (χ2n) is 5.05. The van der Waals surface area contributed by atoms with Crippen molar-refractivity contribution >= 4 is 11.4 Å². The average molecular weight is 286 g/mol. The fourth-order valence-corrected chi connectivity index (χ4v) is 2.42. The Hall–Kier alpha value is -2.36. The van der Waals surface area contributed by atoms with Gasteiger partial charge in [0.05, 0.1) is 0 Å². The van der Waals surface area contributed by atoms with Crippen molar-refractivity contribution in [3.63, 3.8) is 0 Å². The Labute approximate surface area is 125 Å². The van der Waals surface area contributed by atoms with Gasteiger partial charge in [0, 0.05) is 43.0 Å². The summed E-state index contributed by atoms with van der Waals surface area (Å²) < 4.78 is 0. The van der Waals surface area contributed by atoms with Crippen molar-refractivity contribution in [3.8, 4) is 11.5 Å². The second-order valence-corrected chi connectivity index (χ2v) is 5.05. The highest BCUT2D eigenvalue weighted by molar-refractivity contribution is 5.55. The Balaban J connectivity index is 2.25. The van der Waals surface area contributed by atoms with Gasteiger partial charge in [-0.05, 0) is 37.1 Å². The first-order valence-electron chi connectivity index (χ1n) is 7.19. The van der Waals surface area contributed by atoms with Gasteiger partial charge in [0.25, 0.3) is 0 Å². The van der Waals surface area contributed by atoms with Crippen molar-refractivity contribution in [2.75, 3.05) is 23.7 Å². The topological polar surface area (TPSA) is 69.7 Å². The maximum Gasteiger partial charge on any atom is 0.121 e. The normalized spacial score (nSPS) is 10.6. The van der Waals surface area contributed by atoms with E-state index < -0.39 is 0 Å². The van der Waals surface area contributed by atoms with Crippen LogP contribution in [0, 0.1) is 0 Å².